The van der Waals surface area contributed by atoms with E-state index < -0.39 is 0 Å². The average Bonchev–Trinajstić information content (AvgIpc) is 3.79. The van der Waals surface area contributed by atoms with E-state index in [0.29, 0.717) is 25.1 Å². The van der Waals surface area contributed by atoms with Gasteiger partial charge in [0.25, 0.3) is 0 Å². The summed E-state index contributed by atoms with van der Waals surface area (Å²) in [7, 11) is 2.08. The van der Waals surface area contributed by atoms with Crippen molar-refractivity contribution in [3.63, 3.8) is 0 Å². The average molecular weight is 734 g/mol. The number of carbonyl (C=O) groups is 1. The molecule has 3 aromatic heterocycles. The third-order valence-electron chi connectivity index (χ3n) is 10.9. The smallest absolute Gasteiger partial charge is 0.320 e. The minimum atomic E-state index is -0.276. The van der Waals surface area contributed by atoms with Gasteiger partial charge in [0, 0.05) is 42.6 Å². The van der Waals surface area contributed by atoms with E-state index in [1.54, 1.807) is 4.68 Å². The molecule has 5 aromatic rings. The van der Waals surface area contributed by atoms with E-state index in [2.05, 4.69) is 94.9 Å². The monoisotopic (exact) mass is 733 g/mol. The van der Waals surface area contributed by atoms with Crippen molar-refractivity contribution in [2.24, 2.45) is 0 Å². The molecule has 1 fully saturated rings. The van der Waals surface area contributed by atoms with Crippen molar-refractivity contribution >= 4 is 23.4 Å². The lowest BCUT2D eigenvalue weighted by molar-refractivity contribution is 0.241. The Bertz CT molecular complexity index is 2050. The second-order valence-electron chi connectivity index (χ2n) is 15.8. The van der Waals surface area contributed by atoms with Crippen molar-refractivity contribution in [2.75, 3.05) is 50.1 Å². The highest BCUT2D eigenvalue weighted by molar-refractivity contribution is 5.89. The summed E-state index contributed by atoms with van der Waals surface area (Å²) in [6.07, 6.45) is 7.26. The highest BCUT2D eigenvalue weighted by Crippen LogP contribution is 2.38. The lowest BCUT2D eigenvalue weighted by Gasteiger charge is -2.33. The van der Waals surface area contributed by atoms with Crippen LogP contribution in [0.1, 0.15) is 95.5 Å². The Morgan fingerprint density at radius 2 is 1.78 bits per heavy atom. The van der Waals surface area contributed by atoms with Crippen molar-refractivity contribution < 1.29 is 14.3 Å². The number of nitrogens with zero attached hydrogens (tertiary/aromatic N) is 7. The van der Waals surface area contributed by atoms with Crippen LogP contribution >= 0.6 is 0 Å². The van der Waals surface area contributed by atoms with E-state index in [1.165, 1.54) is 18.4 Å². The summed E-state index contributed by atoms with van der Waals surface area (Å²) in [6, 6.07) is 22.1. The molecule has 12 nitrogen and oxygen atoms in total. The maximum absolute atomic E-state index is 13.7. The quantitative estimate of drug-likeness (QED) is 0.134. The Hall–Kier alpha value is -5.10. The Labute approximate surface area is 318 Å². The Morgan fingerprint density at radius 1 is 0.944 bits per heavy atom. The van der Waals surface area contributed by atoms with Crippen molar-refractivity contribution in [3.05, 3.63) is 89.7 Å². The minimum absolute atomic E-state index is 0.142. The minimum Gasteiger partial charge on any atom is -0.492 e. The normalized spacial score (nSPS) is 18.8. The number of rotatable bonds is 12. The van der Waals surface area contributed by atoms with Gasteiger partial charge in [0.1, 0.15) is 23.9 Å². The summed E-state index contributed by atoms with van der Waals surface area (Å²) < 4.78 is 16.4. The van der Waals surface area contributed by atoms with Crippen molar-refractivity contribution in [1.82, 2.24) is 34.6 Å². The van der Waals surface area contributed by atoms with Crippen LogP contribution in [-0.4, -0.2) is 81.2 Å². The molecule has 2 amide bonds. The van der Waals surface area contributed by atoms with Gasteiger partial charge in [0.05, 0.1) is 30.2 Å². The molecule has 0 radical (unpaired) electrons. The van der Waals surface area contributed by atoms with Gasteiger partial charge in [-0.15, -0.1) is 10.2 Å². The lowest BCUT2D eigenvalue weighted by Crippen LogP contribution is -2.38. The number of urea groups is 1. The van der Waals surface area contributed by atoms with E-state index in [0.717, 1.165) is 78.9 Å². The van der Waals surface area contributed by atoms with Crippen LogP contribution in [0.4, 0.5) is 16.6 Å². The number of amides is 2. The summed E-state index contributed by atoms with van der Waals surface area (Å²) in [5, 5.41) is 20.3. The number of carbonyl (C=O) groups excluding carboxylic acids is 1. The van der Waals surface area contributed by atoms with Crippen LogP contribution in [0.15, 0.2) is 72.9 Å². The maximum atomic E-state index is 13.7. The Kier molecular flexibility index (Phi) is 11.1. The molecule has 7 rings (SSSR count). The van der Waals surface area contributed by atoms with E-state index in [4.69, 9.17) is 14.6 Å². The maximum Gasteiger partial charge on any atom is 0.320 e. The predicted octanol–water partition coefficient (Wildman–Crippen LogP) is 7.74. The van der Waals surface area contributed by atoms with Gasteiger partial charge in [-0.2, -0.15) is 5.10 Å². The zero-order valence-electron chi connectivity index (χ0n) is 32.6. The van der Waals surface area contributed by atoms with Gasteiger partial charge >= 0.3 is 6.03 Å². The molecule has 1 unspecified atom stereocenters. The number of hydrogen-bond acceptors (Lipinski definition) is 8. The van der Waals surface area contributed by atoms with E-state index >= 15 is 0 Å². The fraction of sp³-hybridized carbons (Fsp3) is 0.476. The number of ether oxygens (including phenoxy) is 2. The van der Waals surface area contributed by atoms with Gasteiger partial charge in [-0.3, -0.25) is 9.72 Å². The molecule has 4 heterocycles. The molecule has 0 spiro atoms. The third kappa shape index (κ3) is 8.33. The van der Waals surface area contributed by atoms with Gasteiger partial charge in [-0.1, -0.05) is 58.0 Å². The standard InChI is InChI=1S/C42H55N9O3/c1-7-48(6)23-24-53-32-15-12-14-31(25-32)51-39(26-37(47-51)42(3,4)5)44-40(52)43-36-20-18-30(34-16-8-9-17-35(34)36)28-54-33-19-21-38-45-46-41(50(38)27-33)49-22-11-10-13-29(49)2/h8-9,12,14-17,19,21,25-27,29-30,36H,7,10-11,13,18,20,22-24,28H2,1-6H3,(H2,43,44,52)/t29-,30?,36-/m0/s1. The number of fused-ring (bicyclic) bond motifs is 2. The first-order valence-corrected chi connectivity index (χ1v) is 19.5. The predicted molar refractivity (Wildman–Crippen MR) is 213 cm³/mol. The molecule has 286 valence electrons. The van der Waals surface area contributed by atoms with Crippen LogP contribution in [0, 0.1) is 0 Å². The largest absolute Gasteiger partial charge is 0.492 e. The first kappa shape index (κ1) is 37.2. The van der Waals surface area contributed by atoms with Crippen molar-refractivity contribution in [2.45, 2.75) is 90.1 Å². The molecule has 0 saturated carbocycles. The number of anilines is 2. The molecule has 0 bridgehead atoms. The molecule has 1 saturated heterocycles. The third-order valence-corrected chi connectivity index (χ3v) is 10.9. The van der Waals surface area contributed by atoms with E-state index in [1.807, 2.05) is 54.7 Å². The summed E-state index contributed by atoms with van der Waals surface area (Å²) in [4.78, 5) is 18.3. The van der Waals surface area contributed by atoms with Crippen LogP contribution in [-0.2, 0) is 5.41 Å². The summed E-state index contributed by atoms with van der Waals surface area (Å²) in [5.74, 6) is 3.21. The van der Waals surface area contributed by atoms with Crippen molar-refractivity contribution in [1.29, 1.82) is 0 Å². The van der Waals surface area contributed by atoms with Gasteiger partial charge < -0.3 is 24.6 Å². The number of nitrogens with one attached hydrogen (secondary N) is 2. The van der Waals surface area contributed by atoms with E-state index in [9.17, 15) is 4.79 Å². The van der Waals surface area contributed by atoms with Gasteiger partial charge in [0.15, 0.2) is 5.65 Å². The number of likely N-dealkylation sites (N-methyl/N-ethyl adjacent to an activating group) is 1. The second kappa shape index (κ2) is 16.1. The molecule has 1 aliphatic carbocycles. The zero-order chi connectivity index (χ0) is 37.8. The van der Waals surface area contributed by atoms with Crippen LogP contribution in [0.2, 0.25) is 0 Å². The molecule has 12 heteroatoms. The molecule has 3 atom stereocenters. The van der Waals surface area contributed by atoms with E-state index in [-0.39, 0.29) is 23.4 Å². The van der Waals surface area contributed by atoms with Crippen LogP contribution < -0.4 is 25.0 Å². The first-order valence-electron chi connectivity index (χ1n) is 19.5. The number of hydrogen-bond donors (Lipinski definition) is 2. The van der Waals surface area contributed by atoms with Gasteiger partial charge in [-0.25, -0.2) is 9.48 Å². The highest BCUT2D eigenvalue weighted by Gasteiger charge is 2.30. The number of benzene rings is 2. The topological polar surface area (TPSA) is 114 Å². The summed E-state index contributed by atoms with van der Waals surface area (Å²) in [6.45, 7) is 14.6. The lowest BCUT2D eigenvalue weighted by atomic mass is 9.80. The molecule has 54 heavy (non-hydrogen) atoms. The second-order valence-corrected chi connectivity index (χ2v) is 15.8. The molecule has 1 aliphatic heterocycles. The molecule has 2 aromatic carbocycles. The van der Waals surface area contributed by atoms with Crippen LogP contribution in [0.5, 0.6) is 11.5 Å². The molecular weight excluding hydrogens is 679 g/mol. The Morgan fingerprint density at radius 3 is 2.57 bits per heavy atom. The van der Waals surface area contributed by atoms with Crippen molar-refractivity contribution in [3.8, 4) is 17.2 Å². The number of piperidine rings is 1. The van der Waals surface area contributed by atoms with Gasteiger partial charge in [-0.05, 0) is 88.0 Å². The summed E-state index contributed by atoms with van der Waals surface area (Å²) in [5.41, 5.74) is 4.60. The highest BCUT2D eigenvalue weighted by atomic mass is 16.5. The SMILES string of the molecule is CCN(C)CCOc1cccc(-n2nc(C(C)(C)C)cc2NC(=O)N[C@H]2CCC(COc3ccc4nnc(N5CCCC[C@@H]5C)n4c3)c3ccccc32)c1. The molecule has 2 aliphatic rings. The zero-order valence-corrected chi connectivity index (χ0v) is 32.6. The number of aromatic nitrogens is 5. The first-order chi connectivity index (χ1) is 26.1. The summed E-state index contributed by atoms with van der Waals surface area (Å²) >= 11 is 0. The van der Waals surface area contributed by atoms with Crippen LogP contribution in [0.3, 0.4) is 0 Å². The molecular formula is C42H55N9O3. The van der Waals surface area contributed by atoms with Crippen LogP contribution in [0.25, 0.3) is 11.3 Å². The van der Waals surface area contributed by atoms with Gasteiger partial charge in [0.2, 0.25) is 5.95 Å². The number of pyridine rings is 1. The Balaban J connectivity index is 1.03. The molecule has 2 N–H and O–H groups in total. The fourth-order valence-corrected chi connectivity index (χ4v) is 7.46. The fourth-order valence-electron chi connectivity index (χ4n) is 7.46.